The van der Waals surface area contributed by atoms with E-state index >= 15 is 0 Å². The maximum Gasteiger partial charge on any atom is 0.333 e. The summed E-state index contributed by atoms with van der Waals surface area (Å²) in [5.41, 5.74) is 1.38. The fraction of sp³-hybridized carbons (Fsp3) is 0.308. The van der Waals surface area contributed by atoms with Gasteiger partial charge in [-0.15, -0.1) is 0 Å². The van der Waals surface area contributed by atoms with Crippen LogP contribution < -0.4 is 16.6 Å². The van der Waals surface area contributed by atoms with Crippen LogP contribution in [0.4, 0.5) is 0 Å². The fourth-order valence-corrected chi connectivity index (χ4v) is 4.42. The van der Waals surface area contributed by atoms with Gasteiger partial charge in [0, 0.05) is 19.7 Å². The monoisotopic (exact) mass is 473 g/mol. The molecule has 1 N–H and O–H groups in total. The summed E-state index contributed by atoms with van der Waals surface area (Å²) in [4.78, 5) is 44.1. The summed E-state index contributed by atoms with van der Waals surface area (Å²) < 4.78 is 9.73. The molecular weight excluding hydrogens is 446 g/mol. The quantitative estimate of drug-likeness (QED) is 0.420. The fourth-order valence-electron chi connectivity index (χ4n) is 4.42. The first-order chi connectivity index (χ1) is 17.1. The summed E-state index contributed by atoms with van der Waals surface area (Å²) in [7, 11) is 0. The zero-order chi connectivity index (χ0) is 24.2. The van der Waals surface area contributed by atoms with Gasteiger partial charge in [0.25, 0.3) is 5.56 Å². The molecule has 9 heteroatoms. The van der Waals surface area contributed by atoms with Crippen LogP contribution in [-0.4, -0.2) is 43.8 Å². The number of ether oxygens (including phenoxy) is 1. The predicted molar refractivity (Wildman–Crippen MR) is 131 cm³/mol. The number of nitrogens with zero attached hydrogens (tertiary/aromatic N) is 4. The number of benzene rings is 2. The van der Waals surface area contributed by atoms with Gasteiger partial charge in [0.1, 0.15) is 6.54 Å². The molecule has 1 saturated heterocycles. The zero-order valence-electron chi connectivity index (χ0n) is 19.3. The zero-order valence-corrected chi connectivity index (χ0v) is 19.3. The summed E-state index contributed by atoms with van der Waals surface area (Å²) in [5, 5.41) is 2.80. The van der Waals surface area contributed by atoms with Gasteiger partial charge in [0.2, 0.25) is 5.91 Å². The molecule has 2 aromatic carbocycles. The number of hydrogen-bond acceptors (Lipinski definition) is 5. The van der Waals surface area contributed by atoms with Gasteiger partial charge < -0.3 is 14.6 Å². The number of amides is 1. The molecule has 180 valence electrons. The number of rotatable bonds is 8. The summed E-state index contributed by atoms with van der Waals surface area (Å²) in [5.74, 6) is -0.403. The molecule has 0 radical (unpaired) electrons. The van der Waals surface area contributed by atoms with E-state index in [-0.39, 0.29) is 24.7 Å². The van der Waals surface area contributed by atoms with Crippen molar-refractivity contribution >= 4 is 17.1 Å². The van der Waals surface area contributed by atoms with Gasteiger partial charge in [-0.3, -0.25) is 14.2 Å². The molecule has 1 amide bonds. The SMILES string of the molecule is O=C(Cn1c(=O)c2c(ncn2Cc2ccccc2)n(Cc2ccccc2)c1=O)NCC1CCCO1. The molecule has 1 unspecified atom stereocenters. The molecule has 5 rings (SSSR count). The van der Waals surface area contributed by atoms with Crippen molar-refractivity contribution in [2.24, 2.45) is 0 Å². The van der Waals surface area contributed by atoms with E-state index in [4.69, 9.17) is 4.74 Å². The minimum atomic E-state index is -0.566. The average Bonchev–Trinajstić information content (AvgIpc) is 3.55. The Labute approximate surface area is 201 Å². The lowest BCUT2D eigenvalue weighted by atomic mass is 10.2. The first-order valence-electron chi connectivity index (χ1n) is 11.7. The average molecular weight is 474 g/mol. The molecule has 0 saturated carbocycles. The maximum atomic E-state index is 13.5. The Balaban J connectivity index is 1.54. The van der Waals surface area contributed by atoms with Crippen molar-refractivity contribution in [1.82, 2.24) is 24.0 Å². The van der Waals surface area contributed by atoms with E-state index in [1.807, 2.05) is 60.7 Å². The molecule has 1 aliphatic rings. The first kappa shape index (κ1) is 22.8. The van der Waals surface area contributed by atoms with Gasteiger partial charge >= 0.3 is 5.69 Å². The van der Waals surface area contributed by atoms with Gasteiger partial charge in [-0.25, -0.2) is 14.3 Å². The highest BCUT2D eigenvalue weighted by molar-refractivity contribution is 5.76. The van der Waals surface area contributed by atoms with Crippen molar-refractivity contribution in [2.75, 3.05) is 13.2 Å². The Morgan fingerprint density at radius 1 is 0.971 bits per heavy atom. The number of fused-ring (bicyclic) bond motifs is 1. The molecule has 1 aliphatic heterocycles. The minimum Gasteiger partial charge on any atom is -0.376 e. The van der Waals surface area contributed by atoms with Crippen molar-refractivity contribution in [2.45, 2.75) is 38.6 Å². The van der Waals surface area contributed by atoms with Crippen LogP contribution in [0.15, 0.2) is 76.6 Å². The second-order valence-corrected chi connectivity index (χ2v) is 8.72. The van der Waals surface area contributed by atoms with Crippen molar-refractivity contribution in [3.05, 3.63) is 99.0 Å². The third kappa shape index (κ3) is 4.95. The summed E-state index contributed by atoms with van der Waals surface area (Å²) in [6.07, 6.45) is 3.39. The van der Waals surface area contributed by atoms with Crippen LogP contribution in [0.25, 0.3) is 11.2 Å². The minimum absolute atomic E-state index is 0.0276. The van der Waals surface area contributed by atoms with E-state index in [1.165, 1.54) is 4.57 Å². The topological polar surface area (TPSA) is 100 Å². The van der Waals surface area contributed by atoms with Crippen LogP contribution in [0.5, 0.6) is 0 Å². The van der Waals surface area contributed by atoms with Crippen LogP contribution in [0.1, 0.15) is 24.0 Å². The van der Waals surface area contributed by atoms with E-state index in [2.05, 4.69) is 10.3 Å². The van der Waals surface area contributed by atoms with Gasteiger partial charge in [-0.1, -0.05) is 60.7 Å². The molecule has 4 aromatic rings. The Morgan fingerprint density at radius 3 is 2.31 bits per heavy atom. The molecule has 1 fully saturated rings. The van der Waals surface area contributed by atoms with Crippen molar-refractivity contribution in [3.63, 3.8) is 0 Å². The predicted octanol–water partition coefficient (Wildman–Crippen LogP) is 1.75. The lowest BCUT2D eigenvalue weighted by Gasteiger charge is -2.14. The third-order valence-electron chi connectivity index (χ3n) is 6.22. The Kier molecular flexibility index (Phi) is 6.58. The van der Waals surface area contributed by atoms with E-state index in [9.17, 15) is 14.4 Å². The molecule has 9 nitrogen and oxygen atoms in total. The van der Waals surface area contributed by atoms with E-state index in [0.29, 0.717) is 25.3 Å². The maximum absolute atomic E-state index is 13.5. The smallest absolute Gasteiger partial charge is 0.333 e. The molecule has 1 atom stereocenters. The van der Waals surface area contributed by atoms with E-state index in [1.54, 1.807) is 10.9 Å². The summed E-state index contributed by atoms with van der Waals surface area (Å²) in [6.45, 7) is 1.33. The molecule has 0 bridgehead atoms. The van der Waals surface area contributed by atoms with E-state index < -0.39 is 17.2 Å². The van der Waals surface area contributed by atoms with Crippen LogP contribution in [-0.2, 0) is 29.2 Å². The van der Waals surface area contributed by atoms with Crippen molar-refractivity contribution in [3.8, 4) is 0 Å². The van der Waals surface area contributed by atoms with Crippen molar-refractivity contribution in [1.29, 1.82) is 0 Å². The van der Waals surface area contributed by atoms with Crippen molar-refractivity contribution < 1.29 is 9.53 Å². The second-order valence-electron chi connectivity index (χ2n) is 8.72. The number of carbonyl (C=O) groups excluding carboxylic acids is 1. The number of imidazole rings is 1. The van der Waals surface area contributed by atoms with E-state index in [0.717, 1.165) is 28.5 Å². The molecule has 0 spiro atoms. The standard InChI is InChI=1S/C26H27N5O4/c32-22(27-14-21-12-7-13-35-21)17-31-25(33)23-24(28-18-29(23)15-19-8-3-1-4-9-19)30(26(31)34)16-20-10-5-2-6-11-20/h1-6,8-11,18,21H,7,12-17H2,(H,27,32). The number of aromatic nitrogens is 4. The van der Waals surface area contributed by atoms with Gasteiger partial charge in [0.15, 0.2) is 11.2 Å². The Bertz CT molecular complexity index is 1430. The number of hydrogen-bond donors (Lipinski definition) is 1. The Hall–Kier alpha value is -3.98. The summed E-state index contributed by atoms with van der Waals surface area (Å²) >= 11 is 0. The second kappa shape index (κ2) is 10.1. The largest absolute Gasteiger partial charge is 0.376 e. The normalized spacial score (nSPS) is 15.5. The number of nitrogens with one attached hydrogen (secondary N) is 1. The first-order valence-corrected chi connectivity index (χ1v) is 11.7. The van der Waals surface area contributed by atoms with Crippen LogP contribution in [0.3, 0.4) is 0 Å². The van der Waals surface area contributed by atoms with Gasteiger partial charge in [0.05, 0.1) is 19.0 Å². The molecule has 2 aromatic heterocycles. The van der Waals surface area contributed by atoms with Gasteiger partial charge in [-0.2, -0.15) is 0 Å². The third-order valence-corrected chi connectivity index (χ3v) is 6.22. The Morgan fingerprint density at radius 2 is 1.66 bits per heavy atom. The molecular formula is C26H27N5O4. The highest BCUT2D eigenvalue weighted by Crippen LogP contribution is 2.13. The molecule has 3 heterocycles. The van der Waals surface area contributed by atoms with Crippen LogP contribution >= 0.6 is 0 Å². The molecule has 35 heavy (non-hydrogen) atoms. The van der Waals surface area contributed by atoms with Crippen LogP contribution in [0.2, 0.25) is 0 Å². The molecule has 0 aliphatic carbocycles. The lowest BCUT2D eigenvalue weighted by Crippen LogP contribution is -2.45. The lowest BCUT2D eigenvalue weighted by molar-refractivity contribution is -0.122. The summed E-state index contributed by atoms with van der Waals surface area (Å²) in [6, 6.07) is 19.2. The van der Waals surface area contributed by atoms with Gasteiger partial charge in [-0.05, 0) is 24.0 Å². The highest BCUT2D eigenvalue weighted by Gasteiger charge is 2.21. The van der Waals surface area contributed by atoms with Crippen LogP contribution in [0, 0.1) is 0 Å². The highest BCUT2D eigenvalue weighted by atomic mass is 16.5. The number of carbonyl (C=O) groups is 1.